The molecule has 0 saturated carbocycles. The van der Waals surface area contributed by atoms with Gasteiger partial charge in [0.1, 0.15) is 18.2 Å². The Labute approximate surface area is 116 Å². The maximum atomic E-state index is 12.7. The Morgan fingerprint density at radius 2 is 2.15 bits per heavy atom. The van der Waals surface area contributed by atoms with Crippen LogP contribution < -0.4 is 5.73 Å². The molecule has 8 nitrogen and oxygen atoms in total. The van der Waals surface area contributed by atoms with Gasteiger partial charge in [0, 0.05) is 6.54 Å². The Morgan fingerprint density at radius 1 is 1.45 bits per heavy atom. The summed E-state index contributed by atoms with van der Waals surface area (Å²) in [6.07, 6.45) is 2.87. The van der Waals surface area contributed by atoms with Crippen molar-refractivity contribution in [2.45, 2.75) is 31.9 Å². The highest BCUT2D eigenvalue weighted by Gasteiger charge is 2.43. The molecule has 1 fully saturated rings. The molecule has 0 bridgehead atoms. The third kappa shape index (κ3) is 2.38. The zero-order valence-corrected chi connectivity index (χ0v) is 11.9. The van der Waals surface area contributed by atoms with Crippen LogP contribution in [0, 0.1) is 0 Å². The second-order valence-corrected chi connectivity index (χ2v) is 5.57. The van der Waals surface area contributed by atoms with Crippen molar-refractivity contribution >= 4 is 11.8 Å². The third-order valence-corrected chi connectivity index (χ3v) is 3.60. The number of carbonyl (C=O) groups is 2. The van der Waals surface area contributed by atoms with E-state index < -0.39 is 17.0 Å². The van der Waals surface area contributed by atoms with E-state index in [9.17, 15) is 9.59 Å². The first-order valence-corrected chi connectivity index (χ1v) is 6.36. The molecular weight excluding hydrogens is 262 g/mol. The summed E-state index contributed by atoms with van der Waals surface area (Å²) in [4.78, 5) is 29.5. The van der Waals surface area contributed by atoms with Crippen LogP contribution in [0.15, 0.2) is 12.7 Å². The molecule has 110 valence electrons. The van der Waals surface area contributed by atoms with E-state index in [0.717, 1.165) is 0 Å². The van der Waals surface area contributed by atoms with Crippen molar-refractivity contribution in [1.29, 1.82) is 0 Å². The molecular formula is C12H19N5O3. The van der Waals surface area contributed by atoms with E-state index in [1.165, 1.54) is 17.3 Å². The van der Waals surface area contributed by atoms with Crippen LogP contribution in [-0.2, 0) is 19.9 Å². The molecule has 1 unspecified atom stereocenters. The van der Waals surface area contributed by atoms with Crippen LogP contribution in [0.1, 0.15) is 20.8 Å². The quantitative estimate of drug-likeness (QED) is 0.774. The summed E-state index contributed by atoms with van der Waals surface area (Å²) in [5, 5.41) is 4.01. The third-order valence-electron chi connectivity index (χ3n) is 3.60. The first-order valence-electron chi connectivity index (χ1n) is 6.36. The van der Waals surface area contributed by atoms with Gasteiger partial charge in [0.15, 0.2) is 5.60 Å². The molecule has 1 aliphatic rings. The van der Waals surface area contributed by atoms with Gasteiger partial charge in [0.2, 0.25) is 5.91 Å². The number of nitrogens with two attached hydrogens (primary N) is 1. The highest BCUT2D eigenvalue weighted by atomic mass is 16.5. The van der Waals surface area contributed by atoms with E-state index in [0.29, 0.717) is 6.54 Å². The SMILES string of the molecule is CC1(C(N)=O)CN(C(=O)C(C)(C)n2cncn2)CCO1. The maximum Gasteiger partial charge on any atom is 0.251 e. The molecule has 0 aliphatic carbocycles. The van der Waals surface area contributed by atoms with Gasteiger partial charge in [-0.2, -0.15) is 5.10 Å². The lowest BCUT2D eigenvalue weighted by atomic mass is 9.99. The number of rotatable bonds is 3. The van der Waals surface area contributed by atoms with Gasteiger partial charge in [-0.15, -0.1) is 0 Å². The Kier molecular flexibility index (Phi) is 3.51. The fourth-order valence-electron chi connectivity index (χ4n) is 2.17. The molecule has 8 heteroatoms. The molecule has 0 radical (unpaired) electrons. The first kappa shape index (κ1) is 14.4. The predicted octanol–water partition coefficient (Wildman–Crippen LogP) is -0.884. The smallest absolute Gasteiger partial charge is 0.251 e. The molecule has 20 heavy (non-hydrogen) atoms. The molecule has 1 atom stereocenters. The summed E-state index contributed by atoms with van der Waals surface area (Å²) in [7, 11) is 0. The Hall–Kier alpha value is -1.96. The van der Waals surface area contributed by atoms with Crippen molar-refractivity contribution < 1.29 is 14.3 Å². The molecule has 1 aliphatic heterocycles. The highest BCUT2D eigenvalue weighted by Crippen LogP contribution is 2.23. The van der Waals surface area contributed by atoms with Crippen molar-refractivity contribution in [3.8, 4) is 0 Å². The number of morpholine rings is 1. The van der Waals surface area contributed by atoms with E-state index in [2.05, 4.69) is 10.1 Å². The predicted molar refractivity (Wildman–Crippen MR) is 69.5 cm³/mol. The topological polar surface area (TPSA) is 103 Å². The van der Waals surface area contributed by atoms with Gasteiger partial charge < -0.3 is 15.4 Å². The van der Waals surface area contributed by atoms with Gasteiger partial charge in [-0.05, 0) is 20.8 Å². The van der Waals surface area contributed by atoms with Crippen molar-refractivity contribution in [1.82, 2.24) is 19.7 Å². The van der Waals surface area contributed by atoms with E-state index in [-0.39, 0.29) is 19.1 Å². The lowest BCUT2D eigenvalue weighted by molar-refractivity contribution is -0.164. The minimum atomic E-state index is -1.15. The van der Waals surface area contributed by atoms with Crippen molar-refractivity contribution in [3.05, 3.63) is 12.7 Å². The average Bonchev–Trinajstić information content (AvgIpc) is 2.92. The molecule has 1 aromatic rings. The number of ether oxygens (including phenoxy) is 1. The number of aromatic nitrogens is 3. The molecule has 0 spiro atoms. The minimum Gasteiger partial charge on any atom is -0.367 e. The zero-order chi connectivity index (χ0) is 15.0. The van der Waals surface area contributed by atoms with Crippen LogP contribution in [0.2, 0.25) is 0 Å². The summed E-state index contributed by atoms with van der Waals surface area (Å²) in [6.45, 7) is 5.93. The van der Waals surface area contributed by atoms with Crippen LogP contribution in [0.3, 0.4) is 0 Å². The van der Waals surface area contributed by atoms with Gasteiger partial charge >= 0.3 is 0 Å². The number of nitrogens with zero attached hydrogens (tertiary/aromatic N) is 4. The average molecular weight is 281 g/mol. The number of primary amides is 1. The van der Waals surface area contributed by atoms with Crippen molar-refractivity contribution in [2.24, 2.45) is 5.73 Å². The van der Waals surface area contributed by atoms with Gasteiger partial charge in [0.25, 0.3) is 5.91 Å². The fourth-order valence-corrected chi connectivity index (χ4v) is 2.17. The summed E-state index contributed by atoms with van der Waals surface area (Å²) < 4.78 is 6.90. The molecule has 1 aromatic heterocycles. The van der Waals surface area contributed by atoms with Crippen LogP contribution in [-0.4, -0.2) is 56.8 Å². The maximum absolute atomic E-state index is 12.7. The van der Waals surface area contributed by atoms with E-state index in [1.54, 1.807) is 25.7 Å². The minimum absolute atomic E-state index is 0.138. The summed E-state index contributed by atoms with van der Waals surface area (Å²) in [5.74, 6) is -0.729. The number of amides is 2. The van der Waals surface area contributed by atoms with E-state index >= 15 is 0 Å². The molecule has 2 heterocycles. The van der Waals surface area contributed by atoms with E-state index in [4.69, 9.17) is 10.5 Å². The monoisotopic (exact) mass is 281 g/mol. The Balaban J connectivity index is 2.19. The molecule has 2 rings (SSSR count). The molecule has 0 aromatic carbocycles. The van der Waals surface area contributed by atoms with Crippen molar-refractivity contribution in [2.75, 3.05) is 19.7 Å². The normalized spacial score (nSPS) is 23.6. The number of hydrogen-bond acceptors (Lipinski definition) is 5. The van der Waals surface area contributed by atoms with Crippen molar-refractivity contribution in [3.63, 3.8) is 0 Å². The van der Waals surface area contributed by atoms with E-state index in [1.807, 2.05) is 0 Å². The summed E-state index contributed by atoms with van der Waals surface area (Å²) in [5.41, 5.74) is 3.31. The molecule has 2 amide bonds. The van der Waals surface area contributed by atoms with Gasteiger partial charge in [0.05, 0.1) is 13.2 Å². The lowest BCUT2D eigenvalue weighted by Gasteiger charge is -2.41. The Morgan fingerprint density at radius 3 is 2.70 bits per heavy atom. The summed E-state index contributed by atoms with van der Waals surface area (Å²) in [6, 6.07) is 0. The molecule has 1 saturated heterocycles. The Bertz CT molecular complexity index is 513. The van der Waals surface area contributed by atoms with Gasteiger partial charge in [-0.25, -0.2) is 9.67 Å². The van der Waals surface area contributed by atoms with Crippen LogP contribution in [0.5, 0.6) is 0 Å². The van der Waals surface area contributed by atoms with Gasteiger partial charge in [-0.1, -0.05) is 0 Å². The fraction of sp³-hybridized carbons (Fsp3) is 0.667. The van der Waals surface area contributed by atoms with Crippen LogP contribution in [0.4, 0.5) is 0 Å². The standard InChI is InChI=1S/C12H19N5O3/c1-11(2,17-8-14-7-15-17)10(19)16-4-5-20-12(3,6-16)9(13)18/h7-8H,4-6H2,1-3H3,(H2,13,18). The number of carbonyl (C=O) groups excluding carboxylic acids is 2. The zero-order valence-electron chi connectivity index (χ0n) is 11.9. The summed E-state index contributed by atoms with van der Waals surface area (Å²) >= 11 is 0. The highest BCUT2D eigenvalue weighted by molar-refractivity contribution is 5.87. The van der Waals surface area contributed by atoms with Gasteiger partial charge in [-0.3, -0.25) is 9.59 Å². The lowest BCUT2D eigenvalue weighted by Crippen LogP contribution is -2.61. The molecule has 2 N–H and O–H groups in total. The first-order chi connectivity index (χ1) is 9.27. The number of hydrogen-bond donors (Lipinski definition) is 1. The van der Waals surface area contributed by atoms with Crippen LogP contribution >= 0.6 is 0 Å². The largest absolute Gasteiger partial charge is 0.367 e. The van der Waals surface area contributed by atoms with Crippen LogP contribution in [0.25, 0.3) is 0 Å². The second kappa shape index (κ2) is 4.86. The second-order valence-electron chi connectivity index (χ2n) is 5.57.